The van der Waals surface area contributed by atoms with Gasteiger partial charge in [-0.15, -0.1) is 11.6 Å². The Bertz CT molecular complexity index is 499. The van der Waals surface area contributed by atoms with E-state index in [0.717, 1.165) is 0 Å². The van der Waals surface area contributed by atoms with Crippen molar-refractivity contribution in [1.29, 1.82) is 0 Å². The molecule has 1 aromatic rings. The molecule has 0 saturated heterocycles. The quantitative estimate of drug-likeness (QED) is 0.572. The van der Waals surface area contributed by atoms with Gasteiger partial charge in [0, 0.05) is 5.88 Å². The number of alkyl halides is 1. The van der Waals surface area contributed by atoms with Crippen molar-refractivity contribution in [1.82, 2.24) is 0 Å². The van der Waals surface area contributed by atoms with Gasteiger partial charge in [-0.3, -0.25) is 9.59 Å². The van der Waals surface area contributed by atoms with Crippen LogP contribution in [-0.2, 0) is 16.0 Å². The molecule has 0 heterocycles. The van der Waals surface area contributed by atoms with Crippen molar-refractivity contribution >= 4 is 29.2 Å². The second-order valence-electron chi connectivity index (χ2n) is 4.89. The molecule has 3 N–H and O–H groups in total. The highest BCUT2D eigenvalue weighted by Gasteiger charge is 2.27. The summed E-state index contributed by atoms with van der Waals surface area (Å²) in [5.41, 5.74) is -0.109. The lowest BCUT2D eigenvalue weighted by atomic mass is 9.95. The molecular formula is C13H16ClNO4. The molecule has 0 radical (unpaired) electrons. The van der Waals surface area contributed by atoms with E-state index in [-0.39, 0.29) is 29.6 Å². The number of aliphatic carboxylic acids is 1. The summed E-state index contributed by atoms with van der Waals surface area (Å²) in [6.45, 7) is 3.35. The van der Waals surface area contributed by atoms with Crippen molar-refractivity contribution in [2.24, 2.45) is 5.41 Å². The van der Waals surface area contributed by atoms with Crippen LogP contribution < -0.4 is 5.32 Å². The van der Waals surface area contributed by atoms with Crippen molar-refractivity contribution in [3.05, 3.63) is 23.8 Å². The fourth-order valence-electron chi connectivity index (χ4n) is 1.32. The summed E-state index contributed by atoms with van der Waals surface area (Å²) in [6, 6.07) is 4.28. The van der Waals surface area contributed by atoms with Gasteiger partial charge in [0.05, 0.1) is 17.5 Å². The number of anilines is 1. The van der Waals surface area contributed by atoms with Gasteiger partial charge in [0.25, 0.3) is 0 Å². The Hall–Kier alpha value is -1.75. The molecule has 1 aromatic carbocycles. The van der Waals surface area contributed by atoms with Crippen LogP contribution in [0.4, 0.5) is 5.69 Å². The van der Waals surface area contributed by atoms with Crippen molar-refractivity contribution in [2.75, 3.05) is 11.2 Å². The van der Waals surface area contributed by atoms with Crippen LogP contribution in [0.25, 0.3) is 0 Å². The zero-order chi connectivity index (χ0) is 14.6. The van der Waals surface area contributed by atoms with E-state index in [1.54, 1.807) is 13.8 Å². The summed E-state index contributed by atoms with van der Waals surface area (Å²) in [6.07, 6.45) is -0.179. The molecule has 1 amide bonds. The van der Waals surface area contributed by atoms with E-state index in [1.807, 2.05) is 0 Å². The topological polar surface area (TPSA) is 86.6 Å². The van der Waals surface area contributed by atoms with Gasteiger partial charge < -0.3 is 15.5 Å². The van der Waals surface area contributed by atoms with E-state index in [0.29, 0.717) is 5.56 Å². The molecule has 0 aliphatic carbocycles. The monoisotopic (exact) mass is 285 g/mol. The smallest absolute Gasteiger partial charge is 0.307 e. The van der Waals surface area contributed by atoms with Gasteiger partial charge in [-0.05, 0) is 31.5 Å². The van der Waals surface area contributed by atoms with Crippen molar-refractivity contribution in [3.63, 3.8) is 0 Å². The number of carboxylic acids is 1. The van der Waals surface area contributed by atoms with E-state index >= 15 is 0 Å². The second kappa shape index (κ2) is 5.93. The molecule has 0 spiro atoms. The molecule has 5 nitrogen and oxygen atoms in total. The average Bonchev–Trinajstić information content (AvgIpc) is 2.32. The van der Waals surface area contributed by atoms with Crippen molar-refractivity contribution < 1.29 is 19.8 Å². The number of hydrogen-bond donors (Lipinski definition) is 3. The zero-order valence-electron chi connectivity index (χ0n) is 10.7. The molecule has 0 aromatic heterocycles. The first-order valence-electron chi connectivity index (χ1n) is 5.67. The first kappa shape index (κ1) is 15.3. The van der Waals surface area contributed by atoms with Gasteiger partial charge in [-0.2, -0.15) is 0 Å². The highest BCUT2D eigenvalue weighted by Crippen LogP contribution is 2.27. The number of amides is 1. The first-order valence-corrected chi connectivity index (χ1v) is 6.21. The largest absolute Gasteiger partial charge is 0.506 e. The van der Waals surface area contributed by atoms with Crippen LogP contribution in [0.2, 0.25) is 0 Å². The molecule has 0 aliphatic heterocycles. The molecule has 0 aliphatic rings. The van der Waals surface area contributed by atoms with Crippen LogP contribution in [0.3, 0.4) is 0 Å². The second-order valence-corrected chi connectivity index (χ2v) is 5.16. The van der Waals surface area contributed by atoms with Crippen LogP contribution in [0, 0.1) is 5.41 Å². The normalized spacial score (nSPS) is 11.1. The number of phenols is 1. The predicted octanol–water partition coefficient (Wildman–Crippen LogP) is 2.22. The van der Waals surface area contributed by atoms with Crippen molar-refractivity contribution in [2.45, 2.75) is 20.3 Å². The Morgan fingerprint density at radius 1 is 1.37 bits per heavy atom. The number of aromatic hydroxyl groups is 1. The number of hydrogen-bond acceptors (Lipinski definition) is 3. The fourth-order valence-corrected chi connectivity index (χ4v) is 1.44. The average molecular weight is 286 g/mol. The molecule has 0 saturated carbocycles. The van der Waals surface area contributed by atoms with Gasteiger partial charge in [0.1, 0.15) is 5.75 Å². The van der Waals surface area contributed by atoms with Gasteiger partial charge >= 0.3 is 5.97 Å². The highest BCUT2D eigenvalue weighted by atomic mass is 35.5. The molecule has 0 fully saturated rings. The molecule has 0 atom stereocenters. The molecule has 0 bridgehead atoms. The molecule has 19 heavy (non-hydrogen) atoms. The minimum Gasteiger partial charge on any atom is -0.506 e. The van der Waals surface area contributed by atoms with Gasteiger partial charge in [0.15, 0.2) is 0 Å². The summed E-state index contributed by atoms with van der Waals surface area (Å²) in [7, 11) is 0. The summed E-state index contributed by atoms with van der Waals surface area (Å²) < 4.78 is 0. The molecule has 104 valence electrons. The number of carboxylic acid groups (broad SMARTS) is 1. The third-order valence-corrected chi connectivity index (χ3v) is 3.28. The van der Waals surface area contributed by atoms with Crippen LogP contribution in [-0.4, -0.2) is 28.0 Å². The Balaban J connectivity index is 2.94. The Kier molecular flexibility index (Phi) is 4.78. The highest BCUT2D eigenvalue weighted by molar-refractivity contribution is 6.20. The van der Waals surface area contributed by atoms with Gasteiger partial charge in [-0.25, -0.2) is 0 Å². The first-order chi connectivity index (χ1) is 8.76. The maximum absolute atomic E-state index is 11.9. The van der Waals surface area contributed by atoms with Crippen LogP contribution in [0.1, 0.15) is 19.4 Å². The molecular weight excluding hydrogens is 270 g/mol. The SMILES string of the molecule is CC(C)(CCl)C(=O)Nc1cc(CC(=O)O)ccc1O. The van der Waals surface area contributed by atoms with E-state index in [2.05, 4.69) is 5.32 Å². The number of carbonyl (C=O) groups is 2. The lowest BCUT2D eigenvalue weighted by Crippen LogP contribution is -2.32. The van der Waals surface area contributed by atoms with Crippen LogP contribution in [0.5, 0.6) is 5.75 Å². The third-order valence-electron chi connectivity index (χ3n) is 2.61. The number of carbonyl (C=O) groups excluding carboxylic acids is 1. The predicted molar refractivity (Wildman–Crippen MR) is 72.6 cm³/mol. The third kappa shape index (κ3) is 4.13. The molecule has 0 unspecified atom stereocenters. The Morgan fingerprint density at radius 3 is 2.53 bits per heavy atom. The van der Waals surface area contributed by atoms with E-state index in [1.165, 1.54) is 18.2 Å². The molecule has 6 heteroatoms. The van der Waals surface area contributed by atoms with E-state index in [4.69, 9.17) is 16.7 Å². The Labute approximate surface area is 116 Å². The summed E-state index contributed by atoms with van der Waals surface area (Å²) >= 11 is 5.69. The number of rotatable bonds is 5. The molecule has 1 rings (SSSR count). The number of halogens is 1. The van der Waals surface area contributed by atoms with Crippen LogP contribution in [0.15, 0.2) is 18.2 Å². The summed E-state index contributed by atoms with van der Waals surface area (Å²) in [5, 5.41) is 20.9. The van der Waals surface area contributed by atoms with Crippen molar-refractivity contribution in [3.8, 4) is 5.75 Å². The standard InChI is InChI=1S/C13H16ClNO4/c1-13(2,7-14)12(19)15-9-5-8(6-11(17)18)3-4-10(9)16/h3-5,16H,6-7H2,1-2H3,(H,15,19)(H,17,18). The minimum absolute atomic E-state index is 0.118. The maximum Gasteiger partial charge on any atom is 0.307 e. The number of nitrogens with one attached hydrogen (secondary N) is 1. The summed E-state index contributed by atoms with van der Waals surface area (Å²) in [4.78, 5) is 22.6. The van der Waals surface area contributed by atoms with E-state index < -0.39 is 11.4 Å². The maximum atomic E-state index is 11.9. The lowest BCUT2D eigenvalue weighted by Gasteiger charge is -2.21. The lowest BCUT2D eigenvalue weighted by molar-refractivity contribution is -0.136. The number of phenolic OH excluding ortho intramolecular Hbond substituents is 1. The minimum atomic E-state index is -0.982. The zero-order valence-corrected chi connectivity index (χ0v) is 11.5. The van der Waals surface area contributed by atoms with Gasteiger partial charge in [0.2, 0.25) is 5.91 Å². The number of benzene rings is 1. The summed E-state index contributed by atoms with van der Waals surface area (Å²) in [5.74, 6) is -1.31. The van der Waals surface area contributed by atoms with Crippen LogP contribution >= 0.6 is 11.6 Å². The Morgan fingerprint density at radius 2 is 2.00 bits per heavy atom. The van der Waals surface area contributed by atoms with Gasteiger partial charge in [-0.1, -0.05) is 6.07 Å². The van der Waals surface area contributed by atoms with E-state index in [9.17, 15) is 14.7 Å². The fraction of sp³-hybridized carbons (Fsp3) is 0.385.